The smallest absolute Gasteiger partial charge is 0.435 e. The van der Waals surface area contributed by atoms with E-state index in [2.05, 4.69) is 5.10 Å². The van der Waals surface area contributed by atoms with E-state index in [1.165, 1.54) is 12.3 Å². The maximum atomic E-state index is 13.0. The highest BCUT2D eigenvalue weighted by Crippen LogP contribution is 2.39. The van der Waals surface area contributed by atoms with Crippen molar-refractivity contribution >= 4 is 6.09 Å². The van der Waals surface area contributed by atoms with Crippen LogP contribution in [0, 0.1) is 5.92 Å². The minimum Gasteiger partial charge on any atom is -0.463 e. The van der Waals surface area contributed by atoms with Crippen LogP contribution in [0.2, 0.25) is 0 Å². The van der Waals surface area contributed by atoms with Gasteiger partial charge in [0.2, 0.25) is 5.88 Å². The Morgan fingerprint density at radius 3 is 2.45 bits per heavy atom. The maximum absolute atomic E-state index is 13.0. The summed E-state index contributed by atoms with van der Waals surface area (Å²) in [6.07, 6.45) is -4.16. The van der Waals surface area contributed by atoms with Crippen molar-refractivity contribution in [2.75, 3.05) is 0 Å². The van der Waals surface area contributed by atoms with Gasteiger partial charge in [0, 0.05) is 18.2 Å². The molecule has 2 rings (SSSR count). The van der Waals surface area contributed by atoms with Crippen LogP contribution in [-0.2, 0) is 4.74 Å². The van der Waals surface area contributed by atoms with Crippen molar-refractivity contribution in [1.82, 2.24) is 9.78 Å². The first-order chi connectivity index (χ1) is 10.1. The Morgan fingerprint density at radius 1 is 1.36 bits per heavy atom. The molecule has 8 heteroatoms. The molecule has 0 saturated heterocycles. The van der Waals surface area contributed by atoms with Crippen LogP contribution in [0.1, 0.15) is 40.0 Å². The van der Waals surface area contributed by atoms with E-state index in [1.807, 2.05) is 0 Å². The number of carbonyl (C=O) groups is 1. The second-order valence-corrected chi connectivity index (χ2v) is 6.35. The van der Waals surface area contributed by atoms with Gasteiger partial charge < -0.3 is 9.47 Å². The first-order valence-corrected chi connectivity index (χ1v) is 7.09. The number of alkyl halides is 3. The molecule has 0 radical (unpaired) electrons. The molecule has 1 aromatic rings. The molecule has 1 aromatic heterocycles. The van der Waals surface area contributed by atoms with E-state index < -0.39 is 29.9 Å². The van der Waals surface area contributed by atoms with E-state index in [0.29, 0.717) is 12.8 Å². The van der Waals surface area contributed by atoms with Crippen molar-refractivity contribution in [2.45, 2.75) is 57.9 Å². The fraction of sp³-hybridized carbons (Fsp3) is 0.714. The third-order valence-corrected chi connectivity index (χ3v) is 3.29. The second kappa shape index (κ2) is 5.81. The average molecular weight is 320 g/mol. The van der Waals surface area contributed by atoms with Crippen molar-refractivity contribution < 1.29 is 27.4 Å². The second-order valence-electron chi connectivity index (χ2n) is 6.35. The summed E-state index contributed by atoms with van der Waals surface area (Å²) in [5.41, 5.74) is -0.718. The van der Waals surface area contributed by atoms with Crippen molar-refractivity contribution in [1.29, 1.82) is 0 Å². The lowest BCUT2D eigenvalue weighted by Crippen LogP contribution is -2.43. The zero-order chi connectivity index (χ0) is 16.5. The first kappa shape index (κ1) is 16.6. The summed E-state index contributed by atoms with van der Waals surface area (Å²) in [6.45, 7) is 5.05. The zero-order valence-corrected chi connectivity index (χ0v) is 12.7. The predicted octanol–water partition coefficient (Wildman–Crippen LogP) is 3.78. The van der Waals surface area contributed by atoms with Gasteiger partial charge in [-0.2, -0.15) is 17.9 Å². The number of ether oxygens (including phenoxy) is 2. The minimum absolute atomic E-state index is 0.236. The summed E-state index contributed by atoms with van der Waals surface area (Å²) >= 11 is 0. The van der Waals surface area contributed by atoms with Gasteiger partial charge in [0.15, 0.2) is 6.10 Å². The topological polar surface area (TPSA) is 53.4 Å². The molecule has 124 valence electrons. The summed E-state index contributed by atoms with van der Waals surface area (Å²) in [7, 11) is 0. The number of aromatic nitrogens is 2. The first-order valence-electron chi connectivity index (χ1n) is 7.09. The number of nitrogens with zero attached hydrogens (tertiary/aromatic N) is 2. The number of hydrogen-bond donors (Lipinski definition) is 0. The molecule has 1 heterocycles. The zero-order valence-electron chi connectivity index (χ0n) is 12.7. The summed E-state index contributed by atoms with van der Waals surface area (Å²) in [5, 5.41) is 3.71. The van der Waals surface area contributed by atoms with E-state index in [1.54, 1.807) is 20.8 Å². The summed E-state index contributed by atoms with van der Waals surface area (Å²) in [6, 6.07) is 1.22. The van der Waals surface area contributed by atoms with Gasteiger partial charge in [0.25, 0.3) is 0 Å². The van der Waals surface area contributed by atoms with E-state index in [9.17, 15) is 18.0 Å². The summed E-state index contributed by atoms with van der Waals surface area (Å²) in [5.74, 6) is -0.785. The Balaban J connectivity index is 2.05. The molecule has 0 aliphatic heterocycles. The number of halogens is 3. The molecule has 0 spiro atoms. The van der Waals surface area contributed by atoms with Crippen LogP contribution in [-0.4, -0.2) is 33.8 Å². The van der Waals surface area contributed by atoms with Gasteiger partial charge in [0.05, 0.1) is 0 Å². The van der Waals surface area contributed by atoms with Gasteiger partial charge in [-0.1, -0.05) is 6.42 Å². The quantitative estimate of drug-likeness (QED) is 0.850. The van der Waals surface area contributed by atoms with E-state index in [4.69, 9.17) is 9.47 Å². The molecule has 1 unspecified atom stereocenters. The molecule has 0 bridgehead atoms. The molecule has 0 aromatic carbocycles. The lowest BCUT2D eigenvalue weighted by molar-refractivity contribution is -0.218. The van der Waals surface area contributed by atoms with Gasteiger partial charge in [-0.3, -0.25) is 0 Å². The predicted molar refractivity (Wildman–Crippen MR) is 71.7 cm³/mol. The van der Waals surface area contributed by atoms with E-state index in [0.717, 1.165) is 11.1 Å². The normalized spacial score (nSPS) is 17.7. The average Bonchev–Trinajstić information content (AvgIpc) is 2.70. The Morgan fingerprint density at radius 2 is 2.00 bits per heavy atom. The Labute approximate surface area is 126 Å². The monoisotopic (exact) mass is 320 g/mol. The Bertz CT molecular complexity index is 530. The largest absolute Gasteiger partial charge is 0.463 e. The van der Waals surface area contributed by atoms with Crippen molar-refractivity contribution in [3.63, 3.8) is 0 Å². The lowest BCUT2D eigenvalue weighted by atomic mass is 9.81. The van der Waals surface area contributed by atoms with Gasteiger partial charge in [-0.15, -0.1) is 5.10 Å². The van der Waals surface area contributed by atoms with Crippen molar-refractivity contribution in [2.24, 2.45) is 5.92 Å². The van der Waals surface area contributed by atoms with Crippen molar-refractivity contribution in [3.8, 4) is 5.88 Å². The van der Waals surface area contributed by atoms with Gasteiger partial charge in [-0.25, -0.2) is 4.79 Å². The molecule has 1 fully saturated rings. The Hall–Kier alpha value is -1.73. The molecular formula is C14H19F3N2O3. The molecular weight excluding hydrogens is 301 g/mol. The SMILES string of the molecule is CC(C)(C)OC(=O)n1ccc(OC(C2CCC2)C(F)(F)F)n1. The Kier molecular flexibility index (Phi) is 4.39. The molecule has 1 aliphatic carbocycles. The maximum Gasteiger partial charge on any atom is 0.435 e. The van der Waals surface area contributed by atoms with Crippen LogP contribution < -0.4 is 4.74 Å². The van der Waals surface area contributed by atoms with Crippen molar-refractivity contribution in [3.05, 3.63) is 12.3 Å². The number of hydrogen-bond acceptors (Lipinski definition) is 4. The van der Waals surface area contributed by atoms with E-state index >= 15 is 0 Å². The third kappa shape index (κ3) is 4.14. The van der Waals surface area contributed by atoms with Crippen LogP contribution in [0.4, 0.5) is 18.0 Å². The fourth-order valence-electron chi connectivity index (χ4n) is 2.08. The van der Waals surface area contributed by atoms with Gasteiger partial charge in [0.1, 0.15) is 5.60 Å². The van der Waals surface area contributed by atoms with Gasteiger partial charge in [-0.05, 0) is 33.6 Å². The highest BCUT2D eigenvalue weighted by Gasteiger charge is 2.49. The third-order valence-electron chi connectivity index (χ3n) is 3.29. The van der Waals surface area contributed by atoms with Crippen LogP contribution in [0.15, 0.2) is 12.3 Å². The minimum atomic E-state index is -4.46. The van der Waals surface area contributed by atoms with Crippen LogP contribution in [0.3, 0.4) is 0 Å². The molecule has 22 heavy (non-hydrogen) atoms. The molecule has 0 amide bonds. The van der Waals surface area contributed by atoms with E-state index in [-0.39, 0.29) is 5.88 Å². The molecule has 5 nitrogen and oxygen atoms in total. The summed E-state index contributed by atoms with van der Waals surface area (Å²) < 4.78 is 49.9. The van der Waals surface area contributed by atoms with Crippen LogP contribution in [0.25, 0.3) is 0 Å². The number of carbonyl (C=O) groups excluding carboxylic acids is 1. The highest BCUT2D eigenvalue weighted by atomic mass is 19.4. The molecule has 0 N–H and O–H groups in total. The number of rotatable bonds is 3. The highest BCUT2D eigenvalue weighted by molar-refractivity contribution is 5.69. The summed E-state index contributed by atoms with van der Waals surface area (Å²) in [4.78, 5) is 11.8. The fourth-order valence-corrected chi connectivity index (χ4v) is 2.08. The standard InChI is InChI=1S/C14H19F3N2O3/c1-13(2,3)22-12(20)19-8-7-10(18-19)21-11(14(15,16)17)9-5-4-6-9/h7-9,11H,4-6H2,1-3H3. The molecule has 1 saturated carbocycles. The van der Waals surface area contributed by atoms with Gasteiger partial charge >= 0.3 is 12.3 Å². The molecule has 1 aliphatic rings. The van der Waals surface area contributed by atoms with Crippen LogP contribution >= 0.6 is 0 Å². The molecule has 1 atom stereocenters. The lowest BCUT2D eigenvalue weighted by Gasteiger charge is -2.34. The van der Waals surface area contributed by atoms with Crippen LogP contribution in [0.5, 0.6) is 5.88 Å².